The van der Waals surface area contributed by atoms with Gasteiger partial charge in [0.15, 0.2) is 6.10 Å². The lowest BCUT2D eigenvalue weighted by atomic mass is 10.1. The molecule has 0 radical (unpaired) electrons. The number of nitrogens with zero attached hydrogens (tertiary/aromatic N) is 1. The quantitative estimate of drug-likeness (QED) is 0.0260. The Morgan fingerprint density at radius 2 is 0.883 bits per heavy atom. The maximum atomic E-state index is 12.8. The lowest BCUT2D eigenvalue weighted by Crippen LogP contribution is -2.55. The summed E-state index contributed by atoms with van der Waals surface area (Å²) in [6.45, 7) is 4.62. The first kappa shape index (κ1) is 57.3. The van der Waals surface area contributed by atoms with E-state index in [9.17, 15) is 19.5 Å². The summed E-state index contributed by atoms with van der Waals surface area (Å²) < 4.78 is 17.2. The van der Waals surface area contributed by atoms with Crippen LogP contribution in [0.5, 0.6) is 0 Å². The van der Waals surface area contributed by atoms with Gasteiger partial charge in [0.05, 0.1) is 40.3 Å². The number of hydrogen-bond donors (Lipinski definition) is 0. The van der Waals surface area contributed by atoms with Crippen molar-refractivity contribution >= 4 is 17.9 Å². The van der Waals surface area contributed by atoms with Crippen LogP contribution in [0.4, 0.5) is 0 Å². The van der Waals surface area contributed by atoms with Gasteiger partial charge in [0, 0.05) is 19.3 Å². The van der Waals surface area contributed by atoms with E-state index in [0.29, 0.717) is 12.8 Å². The van der Waals surface area contributed by atoms with Crippen LogP contribution in [0.1, 0.15) is 213 Å². The van der Waals surface area contributed by atoms with E-state index in [2.05, 4.69) is 62.5 Å². The minimum atomic E-state index is -1.13. The van der Waals surface area contributed by atoms with E-state index in [4.69, 9.17) is 14.2 Å². The molecule has 348 valence electrons. The largest absolute Gasteiger partial charge is 0.544 e. The Labute approximate surface area is 369 Å². The first-order chi connectivity index (χ1) is 29.1. The molecule has 8 heteroatoms. The summed E-state index contributed by atoms with van der Waals surface area (Å²) in [5, 5.41) is 11.6. The number of carboxylic acid groups (broad SMARTS) is 1. The minimum absolute atomic E-state index is 0.0338. The van der Waals surface area contributed by atoms with Crippen molar-refractivity contribution in [3.63, 3.8) is 0 Å². The fraction of sp³-hybridized carbons (Fsp3) is 0.788. The Kier molecular flexibility index (Phi) is 41.0. The van der Waals surface area contributed by atoms with Crippen LogP contribution >= 0.6 is 0 Å². The molecule has 0 heterocycles. The summed E-state index contributed by atoms with van der Waals surface area (Å²) in [7, 11) is 5.41. The second kappa shape index (κ2) is 43.0. The number of aliphatic carboxylic acids is 1. The molecule has 0 aromatic rings. The van der Waals surface area contributed by atoms with Gasteiger partial charge >= 0.3 is 11.9 Å². The van der Waals surface area contributed by atoms with Gasteiger partial charge in [-0.15, -0.1) is 0 Å². The van der Waals surface area contributed by atoms with Crippen molar-refractivity contribution in [1.82, 2.24) is 0 Å². The fourth-order valence-electron chi connectivity index (χ4n) is 7.07. The molecule has 0 bridgehead atoms. The van der Waals surface area contributed by atoms with Gasteiger partial charge in [-0.1, -0.05) is 165 Å². The standard InChI is InChI=1S/C52H93NO7/c1-6-8-10-12-14-16-18-20-22-24-25-27-29-31-33-35-37-39-41-43-51(55)60-48(46-58-45-44-49(52(56)57)53(3,4)5)47-59-50(54)42-40-38-36-34-32-30-28-26-23-21-19-17-15-13-11-9-7-2/h14,16,20-23,25,27,48-49H,6-13,15,17-19,24,26,28-47H2,1-5H3/b16-14-,22-20-,23-21-,27-25-. The lowest BCUT2D eigenvalue weighted by molar-refractivity contribution is -0.889. The summed E-state index contributed by atoms with van der Waals surface area (Å²) in [4.78, 5) is 37.0. The van der Waals surface area contributed by atoms with Crippen LogP contribution in [-0.4, -0.2) is 75.5 Å². The normalized spacial score (nSPS) is 13.3. The maximum absolute atomic E-state index is 12.8. The van der Waals surface area contributed by atoms with E-state index >= 15 is 0 Å². The van der Waals surface area contributed by atoms with Crippen molar-refractivity contribution in [3.8, 4) is 0 Å². The molecule has 2 unspecified atom stereocenters. The predicted octanol–water partition coefficient (Wildman–Crippen LogP) is 12.6. The van der Waals surface area contributed by atoms with Crippen LogP contribution in [0, 0.1) is 0 Å². The summed E-state index contributed by atoms with van der Waals surface area (Å²) in [6.07, 6.45) is 51.3. The zero-order valence-corrected chi connectivity index (χ0v) is 39.6. The number of rotatable bonds is 44. The zero-order valence-electron chi connectivity index (χ0n) is 39.6. The average Bonchev–Trinajstić information content (AvgIpc) is 3.21. The molecule has 0 spiro atoms. The van der Waals surface area contributed by atoms with Crippen molar-refractivity contribution in [3.05, 3.63) is 48.6 Å². The molecular formula is C52H93NO7. The second-order valence-electron chi connectivity index (χ2n) is 17.7. The SMILES string of the molecule is CCCCC/C=C\C/C=C\C/C=C\CCCCCCCCC(=O)OC(COCCC(C(=O)[O-])[N+](C)(C)C)COC(=O)CCCCCCCCC/C=C\CCCCCCCC. The van der Waals surface area contributed by atoms with E-state index in [1.807, 2.05) is 0 Å². The van der Waals surface area contributed by atoms with Crippen molar-refractivity contribution in [2.45, 2.75) is 225 Å². The van der Waals surface area contributed by atoms with E-state index in [1.54, 1.807) is 21.1 Å². The topological polar surface area (TPSA) is 102 Å². The molecule has 0 fully saturated rings. The van der Waals surface area contributed by atoms with Gasteiger partial charge < -0.3 is 28.6 Å². The third-order valence-electron chi connectivity index (χ3n) is 10.9. The molecule has 0 aliphatic rings. The third-order valence-corrected chi connectivity index (χ3v) is 10.9. The first-order valence-electron chi connectivity index (χ1n) is 24.7. The van der Waals surface area contributed by atoms with E-state index in [0.717, 1.165) is 64.2 Å². The van der Waals surface area contributed by atoms with Crippen LogP contribution in [0.2, 0.25) is 0 Å². The van der Waals surface area contributed by atoms with Gasteiger partial charge in [0.1, 0.15) is 12.6 Å². The molecular weight excluding hydrogens is 751 g/mol. The van der Waals surface area contributed by atoms with Crippen LogP contribution in [0.15, 0.2) is 48.6 Å². The number of allylic oxidation sites excluding steroid dienone is 8. The van der Waals surface area contributed by atoms with Crippen LogP contribution in [-0.2, 0) is 28.6 Å². The highest BCUT2D eigenvalue weighted by atomic mass is 16.6. The number of carboxylic acids is 1. The van der Waals surface area contributed by atoms with Crippen molar-refractivity contribution in [1.29, 1.82) is 0 Å². The molecule has 0 aliphatic carbocycles. The number of esters is 2. The van der Waals surface area contributed by atoms with Gasteiger partial charge in [-0.05, 0) is 77.0 Å². The number of hydrogen-bond acceptors (Lipinski definition) is 7. The Morgan fingerprint density at radius 1 is 0.500 bits per heavy atom. The van der Waals surface area contributed by atoms with Crippen LogP contribution < -0.4 is 5.11 Å². The average molecular weight is 844 g/mol. The second-order valence-corrected chi connectivity index (χ2v) is 17.7. The van der Waals surface area contributed by atoms with Gasteiger partial charge in [0.25, 0.3) is 0 Å². The number of carbonyl (C=O) groups excluding carboxylic acids is 3. The van der Waals surface area contributed by atoms with E-state index < -0.39 is 18.1 Å². The van der Waals surface area contributed by atoms with Gasteiger partial charge in [-0.25, -0.2) is 0 Å². The molecule has 0 saturated heterocycles. The smallest absolute Gasteiger partial charge is 0.306 e. The monoisotopic (exact) mass is 844 g/mol. The molecule has 0 rings (SSSR count). The highest BCUT2D eigenvalue weighted by molar-refractivity contribution is 5.70. The Hall–Kier alpha value is -2.71. The first-order valence-corrected chi connectivity index (χ1v) is 24.7. The highest BCUT2D eigenvalue weighted by Gasteiger charge is 2.25. The zero-order chi connectivity index (χ0) is 44.2. The third kappa shape index (κ3) is 40.7. The summed E-state index contributed by atoms with van der Waals surface area (Å²) >= 11 is 0. The summed E-state index contributed by atoms with van der Waals surface area (Å²) in [5.41, 5.74) is 0. The number of unbranched alkanes of at least 4 members (excludes halogenated alkanes) is 22. The number of likely N-dealkylation sites (N-methyl/N-ethyl adjacent to an activating group) is 1. The Balaban J connectivity index is 4.31. The minimum Gasteiger partial charge on any atom is -0.544 e. The molecule has 0 aliphatic heterocycles. The van der Waals surface area contributed by atoms with Gasteiger partial charge in [0.2, 0.25) is 0 Å². The van der Waals surface area contributed by atoms with Crippen molar-refractivity contribution in [2.24, 2.45) is 0 Å². The van der Waals surface area contributed by atoms with Gasteiger partial charge in [-0.2, -0.15) is 0 Å². The van der Waals surface area contributed by atoms with Gasteiger partial charge in [-0.3, -0.25) is 9.59 Å². The fourth-order valence-corrected chi connectivity index (χ4v) is 7.07. The van der Waals surface area contributed by atoms with Crippen molar-refractivity contribution < 1.29 is 38.2 Å². The number of quaternary nitrogens is 1. The maximum Gasteiger partial charge on any atom is 0.306 e. The number of carbonyl (C=O) groups is 3. The summed E-state index contributed by atoms with van der Waals surface area (Å²) in [5.74, 6) is -1.75. The molecule has 0 aromatic carbocycles. The van der Waals surface area contributed by atoms with Crippen LogP contribution in [0.3, 0.4) is 0 Å². The molecule has 60 heavy (non-hydrogen) atoms. The Bertz CT molecular complexity index is 1120. The molecule has 0 saturated carbocycles. The summed E-state index contributed by atoms with van der Waals surface area (Å²) in [6, 6.07) is -0.730. The molecule has 0 amide bonds. The van der Waals surface area contributed by atoms with E-state index in [1.165, 1.54) is 116 Å². The molecule has 0 N–H and O–H groups in total. The van der Waals surface area contributed by atoms with Crippen molar-refractivity contribution in [2.75, 3.05) is 41.0 Å². The highest BCUT2D eigenvalue weighted by Crippen LogP contribution is 2.14. The molecule has 0 aromatic heterocycles. The molecule has 2 atom stereocenters. The van der Waals surface area contributed by atoms with E-state index in [-0.39, 0.29) is 42.7 Å². The number of ether oxygens (including phenoxy) is 3. The molecule has 8 nitrogen and oxygen atoms in total. The van der Waals surface area contributed by atoms with Crippen LogP contribution in [0.25, 0.3) is 0 Å². The predicted molar refractivity (Wildman–Crippen MR) is 250 cm³/mol. The lowest BCUT2D eigenvalue weighted by Gasteiger charge is -2.34. The Morgan fingerprint density at radius 3 is 1.35 bits per heavy atom.